The molecule has 5 atom stereocenters. The van der Waals surface area contributed by atoms with E-state index in [2.05, 4.69) is 19.1 Å². The highest BCUT2D eigenvalue weighted by Crippen LogP contribution is 2.54. The number of fused-ring (bicyclic) bond motifs is 2. The van der Waals surface area contributed by atoms with Crippen LogP contribution in [0.15, 0.2) is 29.6 Å². The Morgan fingerprint density at radius 1 is 1.23 bits per heavy atom. The van der Waals surface area contributed by atoms with E-state index >= 15 is 0 Å². The molecule has 0 radical (unpaired) electrons. The molecule has 1 spiro atoms. The molecule has 0 unspecified atom stereocenters. The molecule has 1 saturated heterocycles. The van der Waals surface area contributed by atoms with Crippen molar-refractivity contribution in [3.63, 3.8) is 0 Å². The molecule has 1 fully saturated rings. The fourth-order valence-electron chi connectivity index (χ4n) is 3.79. The number of aliphatic hydroxyl groups excluding tert-OH is 4. The third kappa shape index (κ3) is 2.82. The van der Waals surface area contributed by atoms with Crippen molar-refractivity contribution in [1.29, 1.82) is 0 Å². The second-order valence-corrected chi connectivity index (χ2v) is 9.39. The highest BCUT2D eigenvalue weighted by molar-refractivity contribution is 8.00. The van der Waals surface area contributed by atoms with Crippen LogP contribution in [0.5, 0.6) is 0 Å². The van der Waals surface area contributed by atoms with Crippen LogP contribution in [0.4, 0.5) is 0 Å². The van der Waals surface area contributed by atoms with Crippen LogP contribution >= 0.6 is 23.1 Å². The number of thiophene rings is 1. The fraction of sp³-hybridized carbons (Fsp3) is 0.474. The number of benzene rings is 1. The van der Waals surface area contributed by atoms with Gasteiger partial charge in [-0.1, -0.05) is 18.2 Å². The van der Waals surface area contributed by atoms with Gasteiger partial charge in [0.15, 0.2) is 4.93 Å². The summed E-state index contributed by atoms with van der Waals surface area (Å²) < 4.78 is 5.99. The van der Waals surface area contributed by atoms with Crippen molar-refractivity contribution in [2.45, 2.75) is 48.4 Å². The Balaban J connectivity index is 1.76. The number of hydrogen-bond donors (Lipinski definition) is 4. The topological polar surface area (TPSA) is 90.2 Å². The van der Waals surface area contributed by atoms with Gasteiger partial charge in [-0.15, -0.1) is 23.1 Å². The van der Waals surface area contributed by atoms with Crippen molar-refractivity contribution in [2.24, 2.45) is 0 Å². The number of hydrogen-bond acceptors (Lipinski definition) is 7. The van der Waals surface area contributed by atoms with E-state index in [0.717, 1.165) is 28.7 Å². The first-order valence-electron chi connectivity index (χ1n) is 8.58. The third-order valence-corrected chi connectivity index (χ3v) is 7.81. The number of aliphatic hydroxyl groups is 4. The summed E-state index contributed by atoms with van der Waals surface area (Å²) >= 11 is 2.90. The van der Waals surface area contributed by atoms with Crippen molar-refractivity contribution in [3.8, 4) is 0 Å². The maximum atomic E-state index is 10.7. The molecule has 7 heteroatoms. The lowest BCUT2D eigenvalue weighted by Crippen LogP contribution is -2.58. The molecule has 1 aromatic carbocycles. The lowest BCUT2D eigenvalue weighted by atomic mass is 9.90. The molecule has 0 amide bonds. The summed E-state index contributed by atoms with van der Waals surface area (Å²) in [5.41, 5.74) is 4.11. The normalized spacial score (nSPS) is 33.6. The molecule has 3 heterocycles. The molecular formula is C19H22O5S2. The van der Waals surface area contributed by atoms with Crippen LogP contribution < -0.4 is 0 Å². The molecule has 2 aliphatic heterocycles. The van der Waals surface area contributed by atoms with E-state index in [4.69, 9.17) is 4.74 Å². The Bertz CT molecular complexity index is 791. The molecule has 5 nitrogen and oxygen atoms in total. The molecule has 140 valence electrons. The van der Waals surface area contributed by atoms with Crippen LogP contribution in [0, 0.1) is 6.92 Å². The van der Waals surface area contributed by atoms with Crippen LogP contribution in [0.3, 0.4) is 0 Å². The maximum Gasteiger partial charge on any atom is 0.168 e. The smallest absolute Gasteiger partial charge is 0.168 e. The lowest BCUT2D eigenvalue weighted by Gasteiger charge is -2.45. The number of aryl methyl sites for hydroxylation is 1. The molecule has 0 aliphatic carbocycles. The molecule has 0 saturated carbocycles. The summed E-state index contributed by atoms with van der Waals surface area (Å²) in [5.74, 6) is 0. The van der Waals surface area contributed by atoms with Crippen LogP contribution in [-0.4, -0.2) is 50.6 Å². The average molecular weight is 395 g/mol. The SMILES string of the molecule is Cc1cc2c(cc1Cc1cccs1)[C@]1(OC2)S[C@H](CO)[C@@H](O)[C@H](O)[C@H]1O. The van der Waals surface area contributed by atoms with Gasteiger partial charge in [0.1, 0.15) is 12.2 Å². The molecule has 0 bridgehead atoms. The van der Waals surface area contributed by atoms with Crippen LogP contribution in [-0.2, 0) is 22.7 Å². The van der Waals surface area contributed by atoms with Gasteiger partial charge in [0.2, 0.25) is 0 Å². The average Bonchev–Trinajstić information content (AvgIpc) is 3.26. The molecule has 4 N–H and O–H groups in total. The highest BCUT2D eigenvalue weighted by atomic mass is 32.2. The standard InChI is InChI=1S/C19H22O5S2/c1-10-5-12-9-24-19(18(23)17(22)16(21)15(8-20)26-19)14(12)7-11(10)6-13-3-2-4-25-13/h2-5,7,15-18,20-23H,6,8-9H2,1H3/t15-,16-,17+,18-,19+/m1/s1. The first-order chi connectivity index (χ1) is 12.5. The van der Waals surface area contributed by atoms with E-state index < -0.39 is 28.5 Å². The predicted octanol–water partition coefficient (Wildman–Crippen LogP) is 1.52. The molecule has 1 aromatic heterocycles. The minimum absolute atomic E-state index is 0.302. The quantitative estimate of drug-likeness (QED) is 0.631. The number of rotatable bonds is 3. The van der Waals surface area contributed by atoms with Gasteiger partial charge in [0.05, 0.1) is 24.6 Å². The van der Waals surface area contributed by atoms with Gasteiger partial charge < -0.3 is 25.2 Å². The lowest BCUT2D eigenvalue weighted by molar-refractivity contribution is -0.147. The van der Waals surface area contributed by atoms with Gasteiger partial charge in [-0.2, -0.15) is 0 Å². The zero-order chi connectivity index (χ0) is 18.5. The molecular weight excluding hydrogens is 372 g/mol. The van der Waals surface area contributed by atoms with E-state index in [1.54, 1.807) is 11.3 Å². The van der Waals surface area contributed by atoms with Crippen LogP contribution in [0.25, 0.3) is 0 Å². The van der Waals surface area contributed by atoms with Crippen molar-refractivity contribution in [2.75, 3.05) is 6.61 Å². The zero-order valence-corrected chi connectivity index (χ0v) is 16.0. The second kappa shape index (κ2) is 6.91. The predicted molar refractivity (Wildman–Crippen MR) is 101 cm³/mol. The monoisotopic (exact) mass is 394 g/mol. The first-order valence-corrected chi connectivity index (χ1v) is 10.3. The van der Waals surface area contributed by atoms with E-state index in [9.17, 15) is 20.4 Å². The maximum absolute atomic E-state index is 10.7. The Morgan fingerprint density at radius 2 is 2.04 bits per heavy atom. The molecule has 2 aromatic rings. The summed E-state index contributed by atoms with van der Waals surface area (Å²) in [6.45, 7) is 2.10. The fourth-order valence-corrected chi connectivity index (χ4v) is 6.07. The number of thioether (sulfide) groups is 1. The summed E-state index contributed by atoms with van der Waals surface area (Å²) in [6.07, 6.45) is -3.05. The van der Waals surface area contributed by atoms with E-state index in [0.29, 0.717) is 6.61 Å². The van der Waals surface area contributed by atoms with Crippen molar-refractivity contribution < 1.29 is 25.2 Å². The van der Waals surface area contributed by atoms with Crippen molar-refractivity contribution in [3.05, 3.63) is 56.8 Å². The van der Waals surface area contributed by atoms with Gasteiger partial charge in [-0.25, -0.2) is 0 Å². The highest BCUT2D eigenvalue weighted by Gasteiger charge is 2.57. The zero-order valence-electron chi connectivity index (χ0n) is 14.3. The Kier molecular flexibility index (Phi) is 4.90. The summed E-state index contributed by atoms with van der Waals surface area (Å²) in [7, 11) is 0. The summed E-state index contributed by atoms with van der Waals surface area (Å²) in [6, 6.07) is 8.24. The molecule has 2 aliphatic rings. The van der Waals surface area contributed by atoms with E-state index in [1.165, 1.54) is 16.6 Å². The van der Waals surface area contributed by atoms with Gasteiger partial charge in [0, 0.05) is 16.9 Å². The minimum atomic E-state index is -1.37. The van der Waals surface area contributed by atoms with Crippen molar-refractivity contribution >= 4 is 23.1 Å². The van der Waals surface area contributed by atoms with Gasteiger partial charge in [-0.05, 0) is 35.1 Å². The molecule has 4 rings (SSSR count). The van der Waals surface area contributed by atoms with E-state index in [1.807, 2.05) is 17.5 Å². The van der Waals surface area contributed by atoms with Gasteiger partial charge in [-0.3, -0.25) is 0 Å². The Labute approximate surface area is 160 Å². The van der Waals surface area contributed by atoms with Crippen molar-refractivity contribution in [1.82, 2.24) is 0 Å². The Hall–Kier alpha value is -0.930. The van der Waals surface area contributed by atoms with Crippen LogP contribution in [0.1, 0.15) is 27.1 Å². The summed E-state index contributed by atoms with van der Waals surface area (Å²) in [4.78, 5) is 0.0841. The Morgan fingerprint density at radius 3 is 2.73 bits per heavy atom. The second-order valence-electron chi connectivity index (χ2n) is 6.91. The van der Waals surface area contributed by atoms with E-state index in [-0.39, 0.29) is 6.61 Å². The minimum Gasteiger partial charge on any atom is -0.395 e. The third-order valence-electron chi connectivity index (χ3n) is 5.27. The van der Waals surface area contributed by atoms with Gasteiger partial charge >= 0.3 is 0 Å². The molecule has 26 heavy (non-hydrogen) atoms. The first kappa shape index (κ1) is 18.4. The number of ether oxygens (including phenoxy) is 1. The largest absolute Gasteiger partial charge is 0.395 e. The van der Waals surface area contributed by atoms with Crippen LogP contribution in [0.2, 0.25) is 0 Å². The van der Waals surface area contributed by atoms with Gasteiger partial charge in [0.25, 0.3) is 0 Å². The summed E-state index contributed by atoms with van der Waals surface area (Å²) in [5, 5.41) is 42.2.